The minimum absolute atomic E-state index is 0.0174. The lowest BCUT2D eigenvalue weighted by atomic mass is 9.87. The lowest BCUT2D eigenvalue weighted by Gasteiger charge is -2.27. The highest BCUT2D eigenvalue weighted by Crippen LogP contribution is 2.24. The number of hydrogen-bond donors (Lipinski definition) is 2. The molecule has 1 aromatic rings. The first-order valence-electron chi connectivity index (χ1n) is 7.15. The molecule has 1 aliphatic carbocycles. The van der Waals surface area contributed by atoms with Gasteiger partial charge < -0.3 is 11.1 Å². The second-order valence-electron chi connectivity index (χ2n) is 5.95. The van der Waals surface area contributed by atoms with E-state index in [0.29, 0.717) is 17.3 Å². The minimum atomic E-state index is 0.0174. The smallest absolute Gasteiger partial charge is 0.251 e. The van der Waals surface area contributed by atoms with Crippen LogP contribution < -0.4 is 11.1 Å². The molecule has 0 radical (unpaired) electrons. The average Bonchev–Trinajstić information content (AvgIpc) is 2.36. The summed E-state index contributed by atoms with van der Waals surface area (Å²) in [5.41, 5.74) is 9.32. The molecule has 3 N–H and O–H groups in total. The van der Waals surface area contributed by atoms with Crippen LogP contribution in [0.5, 0.6) is 0 Å². The predicted octanol–water partition coefficient (Wildman–Crippen LogP) is 3.19. The molecule has 1 fully saturated rings. The maximum Gasteiger partial charge on any atom is 0.251 e. The highest BCUT2D eigenvalue weighted by atomic mass is 16.1. The lowest BCUT2D eigenvalue weighted by Crippen LogP contribution is -2.37. The van der Waals surface area contributed by atoms with Crippen LogP contribution in [0.25, 0.3) is 0 Å². The zero-order valence-corrected chi connectivity index (χ0v) is 12.1. The Morgan fingerprint density at radius 1 is 1.16 bits per heavy atom. The van der Waals surface area contributed by atoms with Crippen LogP contribution >= 0.6 is 0 Å². The summed E-state index contributed by atoms with van der Waals surface area (Å²) in [4.78, 5) is 12.3. The van der Waals surface area contributed by atoms with Gasteiger partial charge in [-0.15, -0.1) is 0 Å². The number of amides is 1. The Balaban J connectivity index is 2.06. The van der Waals surface area contributed by atoms with Gasteiger partial charge in [-0.2, -0.15) is 0 Å². The number of carbonyl (C=O) groups excluding carboxylic acids is 1. The summed E-state index contributed by atoms with van der Waals surface area (Å²) in [6, 6.07) is 4.10. The molecule has 2 rings (SSSR count). The Labute approximate surface area is 115 Å². The van der Waals surface area contributed by atoms with Crippen molar-refractivity contribution in [1.82, 2.24) is 5.32 Å². The van der Waals surface area contributed by atoms with Crippen molar-refractivity contribution in [3.8, 4) is 0 Å². The van der Waals surface area contributed by atoms with Gasteiger partial charge in [0.25, 0.3) is 5.91 Å². The highest BCUT2D eigenvalue weighted by molar-refractivity contribution is 5.96. The zero-order valence-electron chi connectivity index (χ0n) is 12.1. The summed E-state index contributed by atoms with van der Waals surface area (Å²) >= 11 is 0. The summed E-state index contributed by atoms with van der Waals surface area (Å²) < 4.78 is 0. The van der Waals surface area contributed by atoms with Crippen LogP contribution in [0, 0.1) is 19.8 Å². The zero-order chi connectivity index (χ0) is 14.0. The van der Waals surface area contributed by atoms with Crippen LogP contribution in [0.3, 0.4) is 0 Å². The number of nitrogen functional groups attached to an aromatic ring is 1. The number of nitrogens with two attached hydrogens (primary N) is 1. The van der Waals surface area contributed by atoms with Crippen LogP contribution in [0.15, 0.2) is 12.1 Å². The maximum absolute atomic E-state index is 12.3. The fourth-order valence-electron chi connectivity index (χ4n) is 2.78. The molecular weight excluding hydrogens is 236 g/mol. The van der Waals surface area contributed by atoms with Gasteiger partial charge in [0.05, 0.1) is 0 Å². The third-order valence-electron chi connectivity index (χ3n) is 4.21. The number of anilines is 1. The number of benzene rings is 1. The van der Waals surface area contributed by atoms with Crippen molar-refractivity contribution in [1.29, 1.82) is 0 Å². The molecule has 0 aliphatic heterocycles. The first-order valence-corrected chi connectivity index (χ1v) is 7.15. The first kappa shape index (κ1) is 13.9. The van der Waals surface area contributed by atoms with E-state index in [-0.39, 0.29) is 5.91 Å². The molecule has 0 spiro atoms. The molecule has 0 atom stereocenters. The third-order valence-corrected chi connectivity index (χ3v) is 4.21. The van der Waals surface area contributed by atoms with Crippen molar-refractivity contribution in [3.63, 3.8) is 0 Å². The Kier molecular flexibility index (Phi) is 4.13. The molecular formula is C16H24N2O. The Morgan fingerprint density at radius 3 is 2.42 bits per heavy atom. The normalized spacial score (nSPS) is 23.1. The number of rotatable bonds is 2. The number of nitrogens with one attached hydrogen (secondary N) is 1. The van der Waals surface area contributed by atoms with Crippen molar-refractivity contribution in [2.75, 3.05) is 5.73 Å². The molecule has 1 saturated carbocycles. The molecule has 0 bridgehead atoms. The summed E-state index contributed by atoms with van der Waals surface area (Å²) in [7, 11) is 0. The Hall–Kier alpha value is -1.51. The van der Waals surface area contributed by atoms with Gasteiger partial charge in [-0.1, -0.05) is 13.0 Å². The van der Waals surface area contributed by atoms with Gasteiger partial charge in [-0.25, -0.2) is 0 Å². The molecule has 1 amide bonds. The quantitative estimate of drug-likeness (QED) is 0.802. The third kappa shape index (κ3) is 3.28. The SMILES string of the molecule is Cc1cc(C)c(C(=O)NC2CCC(C)CC2)cc1N. The van der Waals surface area contributed by atoms with Crippen molar-refractivity contribution in [2.24, 2.45) is 5.92 Å². The van der Waals surface area contributed by atoms with Crippen molar-refractivity contribution in [3.05, 3.63) is 28.8 Å². The van der Waals surface area contributed by atoms with Gasteiger partial charge in [0, 0.05) is 17.3 Å². The topological polar surface area (TPSA) is 55.1 Å². The van der Waals surface area contributed by atoms with Gasteiger partial charge in [0.15, 0.2) is 0 Å². The molecule has 104 valence electrons. The molecule has 1 aromatic carbocycles. The van der Waals surface area contributed by atoms with E-state index < -0.39 is 0 Å². The van der Waals surface area contributed by atoms with Crippen molar-refractivity contribution >= 4 is 11.6 Å². The van der Waals surface area contributed by atoms with E-state index in [1.165, 1.54) is 12.8 Å². The summed E-state index contributed by atoms with van der Waals surface area (Å²) in [5, 5.41) is 3.15. The second kappa shape index (κ2) is 5.64. The molecule has 0 unspecified atom stereocenters. The highest BCUT2D eigenvalue weighted by Gasteiger charge is 2.21. The maximum atomic E-state index is 12.3. The summed E-state index contributed by atoms with van der Waals surface area (Å²) in [6.45, 7) is 6.21. The molecule has 0 heterocycles. The first-order chi connectivity index (χ1) is 8.97. The minimum Gasteiger partial charge on any atom is -0.398 e. The van der Waals surface area contributed by atoms with Gasteiger partial charge in [0.2, 0.25) is 0 Å². The molecule has 3 nitrogen and oxygen atoms in total. The van der Waals surface area contributed by atoms with Gasteiger partial charge in [-0.05, 0) is 62.6 Å². The van der Waals surface area contributed by atoms with E-state index in [2.05, 4.69) is 12.2 Å². The standard InChI is InChI=1S/C16H24N2O/c1-10-4-6-13(7-5-10)18-16(19)14-9-15(17)12(3)8-11(14)2/h8-10,13H,4-7,17H2,1-3H3,(H,18,19). The predicted molar refractivity (Wildman–Crippen MR) is 79.2 cm³/mol. The van der Waals surface area contributed by atoms with Crippen LogP contribution in [0.2, 0.25) is 0 Å². The summed E-state index contributed by atoms with van der Waals surface area (Å²) in [5.74, 6) is 0.814. The van der Waals surface area contributed by atoms with E-state index in [1.54, 1.807) is 6.07 Å². The van der Waals surface area contributed by atoms with Gasteiger partial charge >= 0.3 is 0 Å². The molecule has 0 aromatic heterocycles. The van der Waals surface area contributed by atoms with E-state index in [1.807, 2.05) is 19.9 Å². The second-order valence-corrected chi connectivity index (χ2v) is 5.95. The van der Waals surface area contributed by atoms with E-state index in [4.69, 9.17) is 5.73 Å². The van der Waals surface area contributed by atoms with Gasteiger partial charge in [0.1, 0.15) is 0 Å². The monoisotopic (exact) mass is 260 g/mol. The molecule has 0 saturated heterocycles. The largest absolute Gasteiger partial charge is 0.398 e. The Bertz CT molecular complexity index is 474. The van der Waals surface area contributed by atoms with E-state index in [0.717, 1.165) is 29.9 Å². The van der Waals surface area contributed by atoms with E-state index >= 15 is 0 Å². The number of carbonyl (C=O) groups is 1. The lowest BCUT2D eigenvalue weighted by molar-refractivity contribution is 0.0922. The molecule has 1 aliphatic rings. The number of aryl methyl sites for hydroxylation is 2. The van der Waals surface area contributed by atoms with Crippen LogP contribution in [-0.4, -0.2) is 11.9 Å². The van der Waals surface area contributed by atoms with Crippen molar-refractivity contribution < 1.29 is 4.79 Å². The van der Waals surface area contributed by atoms with Crippen LogP contribution in [0.1, 0.15) is 54.1 Å². The van der Waals surface area contributed by atoms with E-state index in [9.17, 15) is 4.79 Å². The fraction of sp³-hybridized carbons (Fsp3) is 0.562. The molecule has 19 heavy (non-hydrogen) atoms. The average molecular weight is 260 g/mol. The summed E-state index contributed by atoms with van der Waals surface area (Å²) in [6.07, 6.45) is 4.60. The molecule has 3 heteroatoms. The van der Waals surface area contributed by atoms with Crippen LogP contribution in [-0.2, 0) is 0 Å². The number of hydrogen-bond acceptors (Lipinski definition) is 2. The van der Waals surface area contributed by atoms with Gasteiger partial charge in [-0.3, -0.25) is 4.79 Å². The Morgan fingerprint density at radius 2 is 1.79 bits per heavy atom. The van der Waals surface area contributed by atoms with Crippen LogP contribution in [0.4, 0.5) is 5.69 Å². The fourth-order valence-corrected chi connectivity index (χ4v) is 2.78. The van der Waals surface area contributed by atoms with Crippen molar-refractivity contribution in [2.45, 2.75) is 52.5 Å².